The van der Waals surface area contributed by atoms with Gasteiger partial charge in [0, 0.05) is 17.2 Å². The molecule has 2 bridgehead atoms. The minimum Gasteiger partial charge on any atom is -0.460 e. The molecule has 0 aromatic heterocycles. The molecule has 1 saturated heterocycles. The number of anilines is 1. The first-order valence-electron chi connectivity index (χ1n) is 7.74. The fraction of sp³-hybridized carbons (Fsp3) is 0.471. The van der Waals surface area contributed by atoms with E-state index in [9.17, 15) is 14.4 Å². The molecule has 0 spiro atoms. The highest BCUT2D eigenvalue weighted by Crippen LogP contribution is 2.59. The second-order valence-electron chi connectivity index (χ2n) is 6.58. The van der Waals surface area contributed by atoms with Crippen LogP contribution >= 0.6 is 11.6 Å². The number of Topliss-reactive ketones (excluding diaryl/α,β-unsaturated/α-hetero) is 1. The quantitative estimate of drug-likeness (QED) is 0.523. The summed E-state index contributed by atoms with van der Waals surface area (Å²) in [6, 6.07) is 6.72. The van der Waals surface area contributed by atoms with E-state index in [4.69, 9.17) is 16.3 Å². The molecule has 23 heavy (non-hydrogen) atoms. The highest BCUT2D eigenvalue weighted by atomic mass is 35.5. The van der Waals surface area contributed by atoms with Crippen molar-refractivity contribution in [2.45, 2.75) is 24.8 Å². The first-order valence-corrected chi connectivity index (χ1v) is 8.17. The van der Waals surface area contributed by atoms with Gasteiger partial charge < -0.3 is 10.1 Å². The number of hydrogen-bond donors (Lipinski definition) is 1. The number of rotatable bonds is 3. The average Bonchev–Trinajstić information content (AvgIpc) is 3.12. The zero-order chi connectivity index (χ0) is 16.3. The van der Waals surface area contributed by atoms with Crippen molar-refractivity contribution in [1.29, 1.82) is 0 Å². The molecule has 1 heterocycles. The lowest BCUT2D eigenvalue weighted by atomic mass is 9.79. The topological polar surface area (TPSA) is 72.5 Å². The predicted molar refractivity (Wildman–Crippen MR) is 83.2 cm³/mol. The van der Waals surface area contributed by atoms with Gasteiger partial charge in [0.2, 0.25) is 5.91 Å². The Morgan fingerprint density at radius 1 is 1.22 bits per heavy atom. The third-order valence-electron chi connectivity index (χ3n) is 5.38. The number of nitrogens with one attached hydrogen (secondary N) is 1. The zero-order valence-electron chi connectivity index (χ0n) is 12.5. The molecule has 6 heteroatoms. The number of amides is 1. The van der Waals surface area contributed by atoms with Crippen LogP contribution in [0.4, 0.5) is 5.69 Å². The van der Waals surface area contributed by atoms with E-state index in [-0.39, 0.29) is 46.9 Å². The molecule has 1 unspecified atom stereocenters. The SMILES string of the molecule is CC(=O)c1ccc(NC(=O)[C@@H]2[C@@H]3C(=O)O[C@@H]4C(Cl)[C@H]2C[C@H]34)cc1. The molecule has 1 aliphatic heterocycles. The Bertz CT molecular complexity index is 701. The molecule has 6 atom stereocenters. The first-order chi connectivity index (χ1) is 11.0. The van der Waals surface area contributed by atoms with E-state index < -0.39 is 5.92 Å². The van der Waals surface area contributed by atoms with Crippen LogP contribution in [-0.4, -0.2) is 29.1 Å². The van der Waals surface area contributed by atoms with Crippen LogP contribution in [0.1, 0.15) is 23.7 Å². The summed E-state index contributed by atoms with van der Waals surface area (Å²) in [5, 5.41) is 2.56. The molecule has 0 radical (unpaired) electrons. The molecule has 1 aromatic rings. The second kappa shape index (κ2) is 5.06. The van der Waals surface area contributed by atoms with Gasteiger partial charge in [-0.25, -0.2) is 0 Å². The molecule has 2 aliphatic carbocycles. The molecule has 1 aromatic carbocycles. The van der Waals surface area contributed by atoms with Crippen molar-refractivity contribution in [2.24, 2.45) is 23.7 Å². The van der Waals surface area contributed by atoms with Crippen LogP contribution in [0.25, 0.3) is 0 Å². The van der Waals surface area contributed by atoms with Crippen LogP contribution in [0.2, 0.25) is 0 Å². The van der Waals surface area contributed by atoms with Crippen molar-refractivity contribution in [1.82, 2.24) is 0 Å². The van der Waals surface area contributed by atoms with Gasteiger partial charge in [-0.05, 0) is 43.5 Å². The predicted octanol–water partition coefficient (Wildman–Crippen LogP) is 2.24. The normalized spacial score (nSPS) is 36.9. The summed E-state index contributed by atoms with van der Waals surface area (Å²) < 4.78 is 5.34. The minimum atomic E-state index is -0.429. The van der Waals surface area contributed by atoms with Crippen LogP contribution < -0.4 is 5.32 Å². The summed E-state index contributed by atoms with van der Waals surface area (Å²) in [7, 11) is 0. The van der Waals surface area contributed by atoms with Crippen LogP contribution in [0.5, 0.6) is 0 Å². The van der Waals surface area contributed by atoms with Crippen LogP contribution in [0, 0.1) is 23.7 Å². The van der Waals surface area contributed by atoms with E-state index in [1.54, 1.807) is 24.3 Å². The van der Waals surface area contributed by atoms with E-state index in [2.05, 4.69) is 5.32 Å². The van der Waals surface area contributed by atoms with Crippen molar-refractivity contribution in [3.8, 4) is 0 Å². The lowest BCUT2D eigenvalue weighted by Crippen LogP contribution is -2.40. The number of benzene rings is 1. The molecule has 1 N–H and O–H groups in total. The van der Waals surface area contributed by atoms with E-state index in [1.165, 1.54) is 6.92 Å². The molecule has 3 fully saturated rings. The number of esters is 1. The molecule has 1 amide bonds. The monoisotopic (exact) mass is 333 g/mol. The van der Waals surface area contributed by atoms with Crippen molar-refractivity contribution < 1.29 is 19.1 Å². The smallest absolute Gasteiger partial charge is 0.310 e. The zero-order valence-corrected chi connectivity index (χ0v) is 13.2. The average molecular weight is 334 g/mol. The maximum atomic E-state index is 12.7. The molecular formula is C17H16ClNO4. The molecule has 3 aliphatic rings. The van der Waals surface area contributed by atoms with E-state index >= 15 is 0 Å². The van der Waals surface area contributed by atoms with Gasteiger partial charge >= 0.3 is 5.97 Å². The lowest BCUT2D eigenvalue weighted by Gasteiger charge is -2.27. The Kier molecular flexibility index (Phi) is 3.23. The van der Waals surface area contributed by atoms with Gasteiger partial charge in [0.05, 0.1) is 17.2 Å². The van der Waals surface area contributed by atoms with Crippen molar-refractivity contribution in [2.75, 3.05) is 5.32 Å². The Balaban J connectivity index is 1.53. The van der Waals surface area contributed by atoms with E-state index in [0.29, 0.717) is 11.3 Å². The maximum Gasteiger partial charge on any atom is 0.310 e. The molecule has 120 valence electrons. The number of fused-ring (bicyclic) bond motifs is 1. The summed E-state index contributed by atoms with van der Waals surface area (Å²) in [4.78, 5) is 36.0. The summed E-state index contributed by atoms with van der Waals surface area (Å²) in [5.41, 5.74) is 1.20. The van der Waals surface area contributed by atoms with Gasteiger partial charge in [-0.2, -0.15) is 0 Å². The Morgan fingerprint density at radius 2 is 1.91 bits per heavy atom. The summed E-state index contributed by atoms with van der Waals surface area (Å²) in [5.74, 6) is -1.25. The highest BCUT2D eigenvalue weighted by molar-refractivity contribution is 6.22. The minimum absolute atomic E-state index is 0.0143. The number of carbonyl (C=O) groups excluding carboxylic acids is 3. The summed E-state index contributed by atoms with van der Waals surface area (Å²) in [6.07, 6.45) is 0.550. The fourth-order valence-corrected chi connectivity index (χ4v) is 4.84. The molecule has 5 nitrogen and oxygen atoms in total. The largest absolute Gasteiger partial charge is 0.460 e. The van der Waals surface area contributed by atoms with E-state index in [1.807, 2.05) is 0 Å². The standard InChI is InChI=1S/C17H16ClNO4/c1-7(20)8-2-4-9(5-3-8)19-16(21)12-10-6-11-13(12)17(22)23-15(11)14(10)18/h2-5,10-15H,6H2,1H3,(H,19,21)/t10-,11+,12-,13+,14?,15-/m0/s1. The van der Waals surface area contributed by atoms with Crippen molar-refractivity contribution >= 4 is 34.9 Å². The Hall–Kier alpha value is -1.88. The third-order valence-corrected chi connectivity index (χ3v) is 5.96. The maximum absolute atomic E-state index is 12.7. The van der Waals surface area contributed by atoms with Gasteiger partial charge in [0.15, 0.2) is 5.78 Å². The number of ether oxygens (including phenoxy) is 1. The fourth-order valence-electron chi connectivity index (χ4n) is 4.34. The number of alkyl halides is 1. The van der Waals surface area contributed by atoms with Crippen molar-refractivity contribution in [3.05, 3.63) is 29.8 Å². The Morgan fingerprint density at radius 3 is 2.57 bits per heavy atom. The van der Waals surface area contributed by atoms with Gasteiger partial charge in [0.25, 0.3) is 0 Å². The second-order valence-corrected chi connectivity index (χ2v) is 7.09. The van der Waals surface area contributed by atoms with Crippen LogP contribution in [0.15, 0.2) is 24.3 Å². The number of ketones is 1. The first kappa shape index (κ1) is 14.7. The number of hydrogen-bond acceptors (Lipinski definition) is 4. The van der Waals surface area contributed by atoms with Crippen LogP contribution in [0.3, 0.4) is 0 Å². The van der Waals surface area contributed by atoms with Gasteiger partial charge in [0.1, 0.15) is 6.10 Å². The summed E-state index contributed by atoms with van der Waals surface area (Å²) in [6.45, 7) is 1.49. The number of halogens is 1. The van der Waals surface area contributed by atoms with Gasteiger partial charge in [-0.1, -0.05) is 0 Å². The third kappa shape index (κ3) is 2.10. The van der Waals surface area contributed by atoms with Crippen molar-refractivity contribution in [3.63, 3.8) is 0 Å². The van der Waals surface area contributed by atoms with Crippen LogP contribution in [-0.2, 0) is 14.3 Å². The Labute approximate surface area is 138 Å². The highest BCUT2D eigenvalue weighted by Gasteiger charge is 2.67. The number of carbonyl (C=O) groups is 3. The molecular weight excluding hydrogens is 318 g/mol. The lowest BCUT2D eigenvalue weighted by molar-refractivity contribution is -0.145. The van der Waals surface area contributed by atoms with E-state index in [0.717, 1.165) is 6.42 Å². The molecule has 4 rings (SSSR count). The molecule has 2 saturated carbocycles. The van der Waals surface area contributed by atoms with Gasteiger partial charge in [-0.15, -0.1) is 11.6 Å². The summed E-state index contributed by atoms with van der Waals surface area (Å²) >= 11 is 6.37. The van der Waals surface area contributed by atoms with Gasteiger partial charge in [-0.3, -0.25) is 14.4 Å².